The number of ether oxygens (including phenoxy) is 1. The molecule has 1 heterocycles. The van der Waals surface area contributed by atoms with Crippen molar-refractivity contribution >= 4 is 29.0 Å². The van der Waals surface area contributed by atoms with Crippen LogP contribution in [0.25, 0.3) is 0 Å². The summed E-state index contributed by atoms with van der Waals surface area (Å²) in [5.41, 5.74) is 6.56. The summed E-state index contributed by atoms with van der Waals surface area (Å²) in [6.07, 6.45) is 0.751. The number of nitrogens with two attached hydrogens (primary N) is 1. The standard InChI is InChI=1S/C10H12Cl2N2O/c1-6(2)3-4-15-10-8(12)5-7(11)9(13)14-10/h5H,1,3-4H2,2H3,(H2,13,14). The van der Waals surface area contributed by atoms with Crippen LogP contribution < -0.4 is 10.5 Å². The maximum absolute atomic E-state index is 5.87. The van der Waals surface area contributed by atoms with Crippen molar-refractivity contribution in [1.29, 1.82) is 0 Å². The zero-order valence-corrected chi connectivity index (χ0v) is 9.90. The molecule has 0 aromatic carbocycles. The predicted octanol–water partition coefficient (Wildman–Crippen LogP) is 3.32. The second-order valence-corrected chi connectivity index (χ2v) is 4.01. The van der Waals surface area contributed by atoms with E-state index < -0.39 is 0 Å². The number of nitrogens with zero attached hydrogens (tertiary/aromatic N) is 1. The highest BCUT2D eigenvalue weighted by Gasteiger charge is 2.07. The van der Waals surface area contributed by atoms with Crippen molar-refractivity contribution in [2.45, 2.75) is 13.3 Å². The Kier molecular flexibility index (Phi) is 4.24. The second-order valence-electron chi connectivity index (χ2n) is 3.20. The van der Waals surface area contributed by atoms with Crippen molar-refractivity contribution in [3.8, 4) is 5.88 Å². The molecule has 0 spiro atoms. The van der Waals surface area contributed by atoms with Crippen LogP contribution in [0.5, 0.6) is 5.88 Å². The van der Waals surface area contributed by atoms with Crippen LogP contribution in [0.3, 0.4) is 0 Å². The molecule has 5 heteroatoms. The minimum absolute atomic E-state index is 0.214. The van der Waals surface area contributed by atoms with Crippen molar-refractivity contribution in [2.75, 3.05) is 12.3 Å². The molecule has 0 aliphatic carbocycles. The van der Waals surface area contributed by atoms with Crippen LogP contribution in [0.15, 0.2) is 18.2 Å². The van der Waals surface area contributed by atoms with Gasteiger partial charge >= 0.3 is 0 Å². The van der Waals surface area contributed by atoms with E-state index in [1.54, 1.807) is 0 Å². The van der Waals surface area contributed by atoms with Crippen molar-refractivity contribution < 1.29 is 4.74 Å². The van der Waals surface area contributed by atoms with E-state index in [9.17, 15) is 0 Å². The van der Waals surface area contributed by atoms with Crippen LogP contribution in [-0.4, -0.2) is 11.6 Å². The third-order valence-corrected chi connectivity index (χ3v) is 2.27. The van der Waals surface area contributed by atoms with Gasteiger partial charge < -0.3 is 10.5 Å². The van der Waals surface area contributed by atoms with Gasteiger partial charge in [0.25, 0.3) is 0 Å². The fourth-order valence-corrected chi connectivity index (χ4v) is 1.30. The molecule has 0 aliphatic heterocycles. The van der Waals surface area contributed by atoms with Crippen LogP contribution in [0.4, 0.5) is 5.82 Å². The molecule has 2 N–H and O–H groups in total. The summed E-state index contributed by atoms with van der Waals surface area (Å²) in [6.45, 7) is 6.16. The van der Waals surface area contributed by atoms with E-state index in [1.165, 1.54) is 6.07 Å². The maximum atomic E-state index is 5.87. The minimum Gasteiger partial charge on any atom is -0.476 e. The highest BCUT2D eigenvalue weighted by atomic mass is 35.5. The van der Waals surface area contributed by atoms with Crippen molar-refractivity contribution in [1.82, 2.24) is 4.98 Å². The van der Waals surface area contributed by atoms with Gasteiger partial charge in [-0.25, -0.2) is 0 Å². The number of halogens is 2. The van der Waals surface area contributed by atoms with E-state index in [2.05, 4.69) is 11.6 Å². The summed E-state index contributed by atoms with van der Waals surface area (Å²) >= 11 is 11.6. The summed E-state index contributed by atoms with van der Waals surface area (Å²) < 4.78 is 5.34. The molecular formula is C10H12Cl2N2O. The molecule has 1 aromatic rings. The quantitative estimate of drug-likeness (QED) is 0.830. The van der Waals surface area contributed by atoms with Gasteiger partial charge in [-0.05, 0) is 13.0 Å². The third-order valence-electron chi connectivity index (χ3n) is 1.69. The normalized spacial score (nSPS) is 10.1. The van der Waals surface area contributed by atoms with Crippen molar-refractivity contribution in [3.05, 3.63) is 28.3 Å². The van der Waals surface area contributed by atoms with Gasteiger partial charge in [-0.1, -0.05) is 28.8 Å². The molecule has 0 aliphatic rings. The van der Waals surface area contributed by atoms with Crippen LogP contribution >= 0.6 is 23.2 Å². The van der Waals surface area contributed by atoms with E-state index in [0.717, 1.165) is 12.0 Å². The smallest absolute Gasteiger partial charge is 0.234 e. The van der Waals surface area contributed by atoms with E-state index >= 15 is 0 Å². The SMILES string of the molecule is C=C(C)CCOc1nc(N)c(Cl)cc1Cl. The Labute approximate surface area is 98.8 Å². The summed E-state index contributed by atoms with van der Waals surface area (Å²) in [6, 6.07) is 1.52. The number of hydrogen-bond donors (Lipinski definition) is 1. The van der Waals surface area contributed by atoms with E-state index in [4.69, 9.17) is 33.7 Å². The van der Waals surface area contributed by atoms with Gasteiger partial charge in [-0.15, -0.1) is 6.58 Å². The van der Waals surface area contributed by atoms with Gasteiger partial charge in [0.1, 0.15) is 10.8 Å². The molecule has 0 amide bonds. The molecule has 3 nitrogen and oxygen atoms in total. The Morgan fingerprint density at radius 2 is 2.20 bits per heavy atom. The second kappa shape index (κ2) is 5.24. The Morgan fingerprint density at radius 1 is 1.53 bits per heavy atom. The fraction of sp³-hybridized carbons (Fsp3) is 0.300. The number of aromatic nitrogens is 1. The third kappa shape index (κ3) is 3.61. The summed E-state index contributed by atoms with van der Waals surface area (Å²) in [5.74, 6) is 0.520. The van der Waals surface area contributed by atoms with E-state index in [1.807, 2.05) is 6.92 Å². The maximum Gasteiger partial charge on any atom is 0.234 e. The molecular weight excluding hydrogens is 235 g/mol. The summed E-state index contributed by atoms with van der Waals surface area (Å²) in [5, 5.41) is 0.683. The van der Waals surface area contributed by atoms with Gasteiger partial charge in [-0.3, -0.25) is 0 Å². The van der Waals surface area contributed by atoms with Gasteiger partial charge in [0, 0.05) is 6.42 Å². The lowest BCUT2D eigenvalue weighted by Crippen LogP contribution is -2.02. The lowest BCUT2D eigenvalue weighted by molar-refractivity contribution is 0.310. The minimum atomic E-state index is 0.214. The largest absolute Gasteiger partial charge is 0.476 e. The number of pyridine rings is 1. The first kappa shape index (κ1) is 12.1. The van der Waals surface area contributed by atoms with E-state index in [0.29, 0.717) is 22.5 Å². The summed E-state index contributed by atoms with van der Waals surface area (Å²) in [4.78, 5) is 3.93. The lowest BCUT2D eigenvalue weighted by atomic mass is 10.3. The molecule has 0 radical (unpaired) electrons. The van der Waals surface area contributed by atoms with Crippen LogP contribution in [0.1, 0.15) is 13.3 Å². The van der Waals surface area contributed by atoms with Gasteiger partial charge in [0.2, 0.25) is 5.88 Å². The van der Waals surface area contributed by atoms with Gasteiger partial charge in [0.15, 0.2) is 0 Å². The zero-order chi connectivity index (χ0) is 11.4. The molecule has 0 saturated carbocycles. The molecule has 82 valence electrons. The van der Waals surface area contributed by atoms with E-state index in [-0.39, 0.29) is 5.82 Å². The fourth-order valence-electron chi connectivity index (χ4n) is 0.886. The Balaban J connectivity index is 2.69. The molecule has 15 heavy (non-hydrogen) atoms. The molecule has 0 saturated heterocycles. The average Bonchev–Trinajstić information content (AvgIpc) is 2.13. The van der Waals surface area contributed by atoms with Crippen LogP contribution in [0.2, 0.25) is 10.0 Å². The Hall–Kier alpha value is -0.930. The summed E-state index contributed by atoms with van der Waals surface area (Å²) in [7, 11) is 0. The van der Waals surface area contributed by atoms with Crippen molar-refractivity contribution in [2.24, 2.45) is 0 Å². The number of anilines is 1. The van der Waals surface area contributed by atoms with Gasteiger partial charge in [-0.2, -0.15) is 4.98 Å². The average molecular weight is 247 g/mol. The molecule has 0 unspecified atom stereocenters. The Bertz CT molecular complexity index is 380. The molecule has 0 fully saturated rings. The lowest BCUT2D eigenvalue weighted by Gasteiger charge is -2.08. The monoisotopic (exact) mass is 246 g/mol. The molecule has 0 bridgehead atoms. The molecule has 0 atom stereocenters. The Morgan fingerprint density at radius 3 is 2.80 bits per heavy atom. The molecule has 1 rings (SSSR count). The zero-order valence-electron chi connectivity index (χ0n) is 8.39. The number of hydrogen-bond acceptors (Lipinski definition) is 3. The first-order valence-electron chi connectivity index (χ1n) is 4.39. The van der Waals surface area contributed by atoms with Crippen LogP contribution in [-0.2, 0) is 0 Å². The van der Waals surface area contributed by atoms with Crippen LogP contribution in [0, 0.1) is 0 Å². The number of rotatable bonds is 4. The van der Waals surface area contributed by atoms with Gasteiger partial charge in [0.05, 0.1) is 11.6 Å². The van der Waals surface area contributed by atoms with Crippen molar-refractivity contribution in [3.63, 3.8) is 0 Å². The highest BCUT2D eigenvalue weighted by Crippen LogP contribution is 2.29. The first-order valence-corrected chi connectivity index (χ1v) is 5.15. The number of nitrogen functional groups attached to an aromatic ring is 1. The molecule has 1 aromatic heterocycles. The highest BCUT2D eigenvalue weighted by molar-refractivity contribution is 6.36. The predicted molar refractivity (Wildman–Crippen MR) is 63.6 cm³/mol. The topological polar surface area (TPSA) is 48.1 Å². The first-order chi connectivity index (χ1) is 7.00.